The van der Waals surface area contributed by atoms with Gasteiger partial charge in [-0.25, -0.2) is 4.31 Å². The van der Waals surface area contributed by atoms with Crippen molar-refractivity contribution in [3.05, 3.63) is 64.7 Å². The number of halogens is 1. The summed E-state index contributed by atoms with van der Waals surface area (Å²) in [6.45, 7) is 1.86. The second-order valence-corrected chi connectivity index (χ2v) is 8.54. The van der Waals surface area contributed by atoms with E-state index in [1.807, 2.05) is 13.0 Å². The first-order valence-electron chi connectivity index (χ1n) is 7.98. The summed E-state index contributed by atoms with van der Waals surface area (Å²) in [5.41, 5.74) is 2.27. The van der Waals surface area contributed by atoms with Crippen LogP contribution in [0.5, 0.6) is 0 Å². The number of benzene rings is 2. The van der Waals surface area contributed by atoms with E-state index in [-0.39, 0.29) is 13.1 Å². The van der Waals surface area contributed by atoms with Crippen LogP contribution < -0.4 is 9.62 Å². The van der Waals surface area contributed by atoms with Crippen molar-refractivity contribution in [1.82, 2.24) is 9.62 Å². The molecule has 2 aromatic rings. The van der Waals surface area contributed by atoms with Gasteiger partial charge in [0.2, 0.25) is 5.91 Å². The Balaban J connectivity index is 2.15. The number of nitrogens with one attached hydrogen (secondary N) is 1. The quantitative estimate of drug-likeness (QED) is 0.783. The van der Waals surface area contributed by atoms with E-state index in [0.29, 0.717) is 10.7 Å². The standard InChI is InChI=1S/C18H22ClN3O3S/c1-14-7-9-17(10-8-14)22(26(24,25)21(2)3)13-18(23)20-12-15-5-4-6-16(19)11-15/h4-11H,12-13H2,1-3H3,(H,20,23). The first kappa shape index (κ1) is 20.2. The van der Waals surface area contributed by atoms with Crippen LogP contribution in [0.2, 0.25) is 5.02 Å². The number of rotatable bonds is 7. The predicted octanol–water partition coefficient (Wildman–Crippen LogP) is 2.58. The lowest BCUT2D eigenvalue weighted by atomic mass is 10.2. The number of anilines is 1. The highest BCUT2D eigenvalue weighted by atomic mass is 35.5. The van der Waals surface area contributed by atoms with Crippen molar-refractivity contribution in [1.29, 1.82) is 0 Å². The number of nitrogens with zero attached hydrogens (tertiary/aromatic N) is 2. The molecule has 0 aromatic heterocycles. The molecule has 0 fully saturated rings. The van der Waals surface area contributed by atoms with E-state index >= 15 is 0 Å². The molecular formula is C18H22ClN3O3S. The number of aryl methyl sites for hydroxylation is 1. The van der Waals surface area contributed by atoms with Crippen LogP contribution >= 0.6 is 11.6 Å². The highest BCUT2D eigenvalue weighted by Crippen LogP contribution is 2.20. The van der Waals surface area contributed by atoms with Crippen LogP contribution in [0, 0.1) is 6.92 Å². The minimum absolute atomic E-state index is 0.267. The lowest BCUT2D eigenvalue weighted by molar-refractivity contribution is -0.119. The molecule has 2 rings (SSSR count). The monoisotopic (exact) mass is 395 g/mol. The molecule has 0 heterocycles. The molecule has 8 heteroatoms. The van der Waals surface area contributed by atoms with E-state index < -0.39 is 16.1 Å². The van der Waals surface area contributed by atoms with Gasteiger partial charge in [-0.1, -0.05) is 41.4 Å². The van der Waals surface area contributed by atoms with Crippen LogP contribution in [-0.2, 0) is 21.5 Å². The fraction of sp³-hybridized carbons (Fsp3) is 0.278. The maximum absolute atomic E-state index is 12.6. The summed E-state index contributed by atoms with van der Waals surface area (Å²) in [6, 6.07) is 14.1. The normalized spacial score (nSPS) is 11.4. The number of hydrogen-bond acceptors (Lipinski definition) is 3. The van der Waals surface area contributed by atoms with Crippen LogP contribution in [0.25, 0.3) is 0 Å². The summed E-state index contributed by atoms with van der Waals surface area (Å²) in [5, 5.41) is 3.30. The number of hydrogen-bond donors (Lipinski definition) is 1. The van der Waals surface area contributed by atoms with Crippen molar-refractivity contribution in [3.63, 3.8) is 0 Å². The Hall–Kier alpha value is -2.09. The third-order valence-corrected chi connectivity index (χ3v) is 5.78. The van der Waals surface area contributed by atoms with E-state index in [0.717, 1.165) is 19.7 Å². The molecule has 26 heavy (non-hydrogen) atoms. The van der Waals surface area contributed by atoms with Crippen molar-refractivity contribution in [2.45, 2.75) is 13.5 Å². The van der Waals surface area contributed by atoms with Gasteiger partial charge >= 0.3 is 10.2 Å². The molecule has 140 valence electrons. The van der Waals surface area contributed by atoms with Gasteiger partial charge in [0.25, 0.3) is 0 Å². The maximum Gasteiger partial charge on any atom is 0.304 e. The van der Waals surface area contributed by atoms with Crippen molar-refractivity contribution < 1.29 is 13.2 Å². The molecule has 0 aliphatic carbocycles. The molecule has 2 aromatic carbocycles. The fourth-order valence-electron chi connectivity index (χ4n) is 2.25. The average molecular weight is 396 g/mol. The topological polar surface area (TPSA) is 69.7 Å². The molecule has 0 aliphatic rings. The number of carbonyl (C=O) groups excluding carboxylic acids is 1. The molecule has 6 nitrogen and oxygen atoms in total. The van der Waals surface area contributed by atoms with Crippen molar-refractivity contribution in [2.75, 3.05) is 24.9 Å². The van der Waals surface area contributed by atoms with Gasteiger partial charge in [0.05, 0.1) is 5.69 Å². The lowest BCUT2D eigenvalue weighted by Crippen LogP contribution is -2.45. The van der Waals surface area contributed by atoms with Gasteiger partial charge in [-0.15, -0.1) is 0 Å². The third kappa shape index (κ3) is 5.20. The highest BCUT2D eigenvalue weighted by Gasteiger charge is 2.27. The Kier molecular flexibility index (Phi) is 6.63. The summed E-state index contributed by atoms with van der Waals surface area (Å²) in [4.78, 5) is 12.4. The van der Waals surface area contributed by atoms with Gasteiger partial charge in [0.15, 0.2) is 0 Å². The highest BCUT2D eigenvalue weighted by molar-refractivity contribution is 7.90. The molecule has 0 unspecified atom stereocenters. The van der Waals surface area contributed by atoms with Gasteiger partial charge in [-0.2, -0.15) is 12.7 Å². The van der Waals surface area contributed by atoms with Gasteiger partial charge in [0, 0.05) is 25.7 Å². The van der Waals surface area contributed by atoms with Crippen LogP contribution in [0.4, 0.5) is 5.69 Å². The summed E-state index contributed by atoms with van der Waals surface area (Å²) in [7, 11) is -0.943. The maximum atomic E-state index is 12.6. The van der Waals surface area contributed by atoms with E-state index in [9.17, 15) is 13.2 Å². The van der Waals surface area contributed by atoms with E-state index in [1.165, 1.54) is 14.1 Å². The molecule has 0 atom stereocenters. The summed E-state index contributed by atoms with van der Waals surface area (Å²) < 4.78 is 27.4. The largest absolute Gasteiger partial charge is 0.350 e. The van der Waals surface area contributed by atoms with E-state index in [4.69, 9.17) is 11.6 Å². The Morgan fingerprint density at radius 3 is 2.35 bits per heavy atom. The summed E-state index contributed by atoms with van der Waals surface area (Å²) in [6.07, 6.45) is 0. The molecule has 0 radical (unpaired) electrons. The SMILES string of the molecule is Cc1ccc(N(CC(=O)NCc2cccc(Cl)c2)S(=O)(=O)N(C)C)cc1. The third-order valence-electron chi connectivity index (χ3n) is 3.73. The first-order valence-corrected chi connectivity index (χ1v) is 9.75. The zero-order valence-corrected chi connectivity index (χ0v) is 16.5. The van der Waals surface area contributed by atoms with Crippen molar-refractivity contribution >= 4 is 33.4 Å². The first-order chi connectivity index (χ1) is 12.2. The summed E-state index contributed by atoms with van der Waals surface area (Å²) in [5.74, 6) is -0.407. The van der Waals surface area contributed by atoms with Crippen LogP contribution in [0.15, 0.2) is 48.5 Å². The second-order valence-electron chi connectivity index (χ2n) is 6.04. The van der Waals surface area contributed by atoms with Crippen molar-refractivity contribution in [2.24, 2.45) is 0 Å². The van der Waals surface area contributed by atoms with E-state index in [1.54, 1.807) is 42.5 Å². The Morgan fingerprint density at radius 2 is 1.77 bits per heavy atom. The summed E-state index contributed by atoms with van der Waals surface area (Å²) >= 11 is 5.93. The van der Waals surface area contributed by atoms with E-state index in [2.05, 4.69) is 5.32 Å². The molecule has 0 aliphatic heterocycles. The zero-order valence-electron chi connectivity index (χ0n) is 14.9. The Bertz CT molecular complexity index is 868. The molecule has 0 saturated carbocycles. The van der Waals surface area contributed by atoms with Gasteiger partial charge in [0.1, 0.15) is 6.54 Å². The van der Waals surface area contributed by atoms with Crippen LogP contribution in [-0.4, -0.2) is 39.3 Å². The lowest BCUT2D eigenvalue weighted by Gasteiger charge is -2.27. The predicted molar refractivity (Wildman–Crippen MR) is 104 cm³/mol. The average Bonchev–Trinajstić information content (AvgIpc) is 2.58. The fourth-order valence-corrected chi connectivity index (χ4v) is 3.52. The zero-order chi connectivity index (χ0) is 19.3. The van der Waals surface area contributed by atoms with Crippen LogP contribution in [0.3, 0.4) is 0 Å². The minimum atomic E-state index is -3.80. The minimum Gasteiger partial charge on any atom is -0.350 e. The number of carbonyl (C=O) groups is 1. The van der Waals surface area contributed by atoms with Gasteiger partial charge in [-0.3, -0.25) is 4.79 Å². The molecular weight excluding hydrogens is 374 g/mol. The Morgan fingerprint density at radius 1 is 1.12 bits per heavy atom. The molecule has 1 amide bonds. The second kappa shape index (κ2) is 8.53. The van der Waals surface area contributed by atoms with Gasteiger partial charge < -0.3 is 5.32 Å². The molecule has 0 spiro atoms. The smallest absolute Gasteiger partial charge is 0.304 e. The van der Waals surface area contributed by atoms with Crippen LogP contribution in [0.1, 0.15) is 11.1 Å². The molecule has 0 saturated heterocycles. The number of amides is 1. The Labute approximate surface area is 159 Å². The van der Waals surface area contributed by atoms with Gasteiger partial charge in [-0.05, 0) is 36.8 Å². The molecule has 0 bridgehead atoms. The van der Waals surface area contributed by atoms with Crippen molar-refractivity contribution in [3.8, 4) is 0 Å². The molecule has 1 N–H and O–H groups in total.